The molecule has 1 N–H and O–H groups in total. The van der Waals surface area contributed by atoms with E-state index in [0.717, 1.165) is 27.3 Å². The van der Waals surface area contributed by atoms with Gasteiger partial charge in [0.05, 0.1) is 5.52 Å². The standard InChI is InChI=1S/C15H12ClNO/c1-10-8-11-2-7-14(18)9-15(11)17(10)13-5-3-12(16)4-6-13/h2-9,18H,1H3. The van der Waals surface area contributed by atoms with Crippen molar-refractivity contribution in [3.05, 3.63) is 59.2 Å². The number of aromatic hydroxyl groups is 1. The molecule has 0 unspecified atom stereocenters. The molecule has 0 spiro atoms. The number of halogens is 1. The Labute approximate surface area is 110 Å². The van der Waals surface area contributed by atoms with Crippen LogP contribution in [0, 0.1) is 6.92 Å². The fourth-order valence-electron chi connectivity index (χ4n) is 2.26. The van der Waals surface area contributed by atoms with E-state index in [4.69, 9.17) is 11.6 Å². The molecule has 0 aliphatic rings. The van der Waals surface area contributed by atoms with Crippen LogP contribution in [-0.4, -0.2) is 9.67 Å². The van der Waals surface area contributed by atoms with Gasteiger partial charge in [-0.1, -0.05) is 11.6 Å². The monoisotopic (exact) mass is 257 g/mol. The van der Waals surface area contributed by atoms with Crippen molar-refractivity contribution in [2.75, 3.05) is 0 Å². The van der Waals surface area contributed by atoms with Crippen molar-refractivity contribution in [2.24, 2.45) is 0 Å². The predicted octanol–water partition coefficient (Wildman–Crippen LogP) is 4.30. The fraction of sp³-hybridized carbons (Fsp3) is 0.0667. The summed E-state index contributed by atoms with van der Waals surface area (Å²) in [4.78, 5) is 0. The maximum absolute atomic E-state index is 9.62. The van der Waals surface area contributed by atoms with Crippen molar-refractivity contribution in [1.82, 2.24) is 4.57 Å². The second-order valence-corrected chi connectivity index (χ2v) is 4.78. The molecule has 0 amide bonds. The Balaban J connectivity index is 2.30. The number of nitrogens with zero attached hydrogens (tertiary/aromatic N) is 1. The summed E-state index contributed by atoms with van der Waals surface area (Å²) in [6.07, 6.45) is 0. The van der Waals surface area contributed by atoms with Gasteiger partial charge in [0.25, 0.3) is 0 Å². The van der Waals surface area contributed by atoms with E-state index in [1.54, 1.807) is 12.1 Å². The Morgan fingerprint density at radius 2 is 1.72 bits per heavy atom. The van der Waals surface area contributed by atoms with Crippen molar-refractivity contribution in [3.8, 4) is 11.4 Å². The Morgan fingerprint density at radius 1 is 1.00 bits per heavy atom. The van der Waals surface area contributed by atoms with Crippen LogP contribution < -0.4 is 0 Å². The number of hydrogen-bond acceptors (Lipinski definition) is 1. The third kappa shape index (κ3) is 1.75. The molecule has 0 aliphatic heterocycles. The number of fused-ring (bicyclic) bond motifs is 1. The van der Waals surface area contributed by atoms with Crippen LogP contribution in [0.2, 0.25) is 5.02 Å². The molecule has 18 heavy (non-hydrogen) atoms. The number of aryl methyl sites for hydroxylation is 1. The van der Waals surface area contributed by atoms with Gasteiger partial charge >= 0.3 is 0 Å². The summed E-state index contributed by atoms with van der Waals surface area (Å²) >= 11 is 5.91. The summed E-state index contributed by atoms with van der Waals surface area (Å²) < 4.78 is 2.10. The predicted molar refractivity (Wildman–Crippen MR) is 74.7 cm³/mol. The van der Waals surface area contributed by atoms with Crippen LogP contribution in [0.4, 0.5) is 0 Å². The summed E-state index contributed by atoms with van der Waals surface area (Å²) in [7, 11) is 0. The van der Waals surface area contributed by atoms with Crippen molar-refractivity contribution >= 4 is 22.5 Å². The van der Waals surface area contributed by atoms with Gasteiger partial charge in [0.2, 0.25) is 0 Å². The van der Waals surface area contributed by atoms with Crippen molar-refractivity contribution < 1.29 is 5.11 Å². The van der Waals surface area contributed by atoms with Crippen LogP contribution in [0.25, 0.3) is 16.6 Å². The summed E-state index contributed by atoms with van der Waals surface area (Å²) in [5.41, 5.74) is 3.16. The van der Waals surface area contributed by atoms with E-state index in [2.05, 4.69) is 10.6 Å². The summed E-state index contributed by atoms with van der Waals surface area (Å²) in [5, 5.41) is 11.5. The highest BCUT2D eigenvalue weighted by Gasteiger charge is 2.08. The van der Waals surface area contributed by atoms with Gasteiger partial charge in [-0.2, -0.15) is 0 Å². The van der Waals surface area contributed by atoms with Crippen LogP contribution >= 0.6 is 11.6 Å². The lowest BCUT2D eigenvalue weighted by Crippen LogP contribution is -1.95. The number of phenolic OH excluding ortho intramolecular Hbond substituents is 1. The minimum Gasteiger partial charge on any atom is -0.508 e. The Morgan fingerprint density at radius 3 is 2.44 bits per heavy atom. The normalized spacial score (nSPS) is 11.0. The molecule has 0 atom stereocenters. The smallest absolute Gasteiger partial charge is 0.117 e. The number of rotatable bonds is 1. The zero-order chi connectivity index (χ0) is 12.7. The molecular weight excluding hydrogens is 246 g/mol. The first-order valence-corrected chi connectivity index (χ1v) is 6.10. The van der Waals surface area contributed by atoms with Crippen LogP contribution in [0.5, 0.6) is 5.75 Å². The molecule has 0 radical (unpaired) electrons. The van der Waals surface area contributed by atoms with Crippen molar-refractivity contribution in [3.63, 3.8) is 0 Å². The van der Waals surface area contributed by atoms with Crippen LogP contribution in [0.15, 0.2) is 48.5 Å². The quantitative estimate of drug-likeness (QED) is 0.691. The zero-order valence-electron chi connectivity index (χ0n) is 9.89. The molecule has 0 aliphatic carbocycles. The van der Waals surface area contributed by atoms with Gasteiger partial charge in [0.1, 0.15) is 5.75 Å². The molecule has 2 aromatic carbocycles. The van der Waals surface area contributed by atoms with Crippen LogP contribution in [0.1, 0.15) is 5.69 Å². The van der Waals surface area contributed by atoms with Gasteiger partial charge in [0.15, 0.2) is 0 Å². The van der Waals surface area contributed by atoms with Gasteiger partial charge in [0, 0.05) is 27.9 Å². The Bertz CT molecular complexity index is 713. The molecule has 0 bridgehead atoms. The van der Waals surface area contributed by atoms with Crippen molar-refractivity contribution in [1.29, 1.82) is 0 Å². The Hall–Kier alpha value is -1.93. The van der Waals surface area contributed by atoms with Gasteiger partial charge in [-0.05, 0) is 49.4 Å². The molecule has 0 fully saturated rings. The highest BCUT2D eigenvalue weighted by molar-refractivity contribution is 6.30. The molecule has 3 heteroatoms. The largest absolute Gasteiger partial charge is 0.508 e. The molecule has 0 saturated carbocycles. The number of benzene rings is 2. The van der Waals surface area contributed by atoms with E-state index < -0.39 is 0 Å². The van der Waals surface area contributed by atoms with Crippen LogP contribution in [-0.2, 0) is 0 Å². The molecule has 1 aromatic heterocycles. The minimum atomic E-state index is 0.274. The topological polar surface area (TPSA) is 25.2 Å². The lowest BCUT2D eigenvalue weighted by molar-refractivity contribution is 0.476. The summed E-state index contributed by atoms with van der Waals surface area (Å²) in [5.74, 6) is 0.274. The van der Waals surface area contributed by atoms with Crippen LogP contribution in [0.3, 0.4) is 0 Å². The van der Waals surface area contributed by atoms with Gasteiger partial charge < -0.3 is 9.67 Å². The lowest BCUT2D eigenvalue weighted by atomic mass is 10.2. The lowest BCUT2D eigenvalue weighted by Gasteiger charge is -2.08. The zero-order valence-corrected chi connectivity index (χ0v) is 10.6. The number of phenols is 1. The van der Waals surface area contributed by atoms with E-state index in [-0.39, 0.29) is 5.75 Å². The van der Waals surface area contributed by atoms with Gasteiger partial charge in [-0.25, -0.2) is 0 Å². The SMILES string of the molecule is Cc1cc2ccc(O)cc2n1-c1ccc(Cl)cc1. The third-order valence-electron chi connectivity index (χ3n) is 3.06. The first-order valence-electron chi connectivity index (χ1n) is 5.72. The molecule has 3 aromatic rings. The molecular formula is C15H12ClNO. The van der Waals surface area contributed by atoms with Gasteiger partial charge in [-0.3, -0.25) is 0 Å². The van der Waals surface area contributed by atoms with Gasteiger partial charge in [-0.15, -0.1) is 0 Å². The Kier molecular flexibility index (Phi) is 2.53. The molecule has 2 nitrogen and oxygen atoms in total. The van der Waals surface area contributed by atoms with E-state index in [1.807, 2.05) is 37.3 Å². The average Bonchev–Trinajstić information content (AvgIpc) is 2.66. The van der Waals surface area contributed by atoms with E-state index in [1.165, 1.54) is 0 Å². The third-order valence-corrected chi connectivity index (χ3v) is 3.31. The average molecular weight is 258 g/mol. The number of aromatic nitrogens is 1. The molecule has 3 rings (SSSR count). The highest BCUT2D eigenvalue weighted by Crippen LogP contribution is 2.27. The summed E-state index contributed by atoms with van der Waals surface area (Å²) in [6.45, 7) is 2.05. The van der Waals surface area contributed by atoms with E-state index in [0.29, 0.717) is 0 Å². The first kappa shape index (κ1) is 11.2. The minimum absolute atomic E-state index is 0.274. The second-order valence-electron chi connectivity index (χ2n) is 4.34. The van der Waals surface area contributed by atoms with E-state index in [9.17, 15) is 5.11 Å². The summed E-state index contributed by atoms with van der Waals surface area (Å²) in [6, 6.07) is 15.2. The second kappa shape index (κ2) is 4.07. The van der Waals surface area contributed by atoms with E-state index >= 15 is 0 Å². The highest BCUT2D eigenvalue weighted by atomic mass is 35.5. The molecule has 1 heterocycles. The molecule has 90 valence electrons. The van der Waals surface area contributed by atoms with Crippen molar-refractivity contribution in [2.45, 2.75) is 6.92 Å². The maximum Gasteiger partial charge on any atom is 0.117 e. The fourth-order valence-corrected chi connectivity index (χ4v) is 2.39. The maximum atomic E-state index is 9.62. The molecule has 0 saturated heterocycles. The number of hydrogen-bond donors (Lipinski definition) is 1. The first-order chi connectivity index (χ1) is 8.65.